The van der Waals surface area contributed by atoms with Gasteiger partial charge in [-0.2, -0.15) is 0 Å². The first-order valence-electron chi connectivity index (χ1n) is 7.00. The second-order valence-electron chi connectivity index (χ2n) is 5.65. The molecule has 5 nitrogen and oxygen atoms in total. The smallest absolute Gasteiger partial charge is 0.249 e. The molecule has 1 saturated heterocycles. The molecule has 2 amide bonds. The predicted molar refractivity (Wildman–Crippen MR) is 77.3 cm³/mol. The quantitative estimate of drug-likeness (QED) is 0.912. The lowest BCUT2D eigenvalue weighted by Crippen LogP contribution is -2.45. The Balaban J connectivity index is 2.30. The fourth-order valence-corrected chi connectivity index (χ4v) is 2.45. The van der Waals surface area contributed by atoms with Crippen LogP contribution in [0.1, 0.15) is 32.3 Å². The summed E-state index contributed by atoms with van der Waals surface area (Å²) in [5, 5.41) is 2.83. The topological polar surface area (TPSA) is 62.3 Å². The molecule has 1 aliphatic heterocycles. The Kier molecular flexibility index (Phi) is 4.37. The highest BCUT2D eigenvalue weighted by molar-refractivity contribution is 6.01. The van der Waals surface area contributed by atoms with Gasteiger partial charge in [0.2, 0.25) is 11.8 Å². The van der Waals surface area contributed by atoms with Crippen molar-refractivity contribution in [2.24, 2.45) is 5.92 Å². The molecule has 0 saturated carbocycles. The summed E-state index contributed by atoms with van der Waals surface area (Å²) in [5.74, 6) is 0.243. The van der Waals surface area contributed by atoms with Crippen molar-refractivity contribution < 1.29 is 9.59 Å². The largest absolute Gasteiger partial charge is 0.344 e. The van der Waals surface area contributed by atoms with Gasteiger partial charge in [0.25, 0.3) is 0 Å². The van der Waals surface area contributed by atoms with E-state index in [2.05, 4.69) is 10.3 Å². The minimum absolute atomic E-state index is 0.0411. The van der Waals surface area contributed by atoms with Gasteiger partial charge >= 0.3 is 0 Å². The van der Waals surface area contributed by atoms with E-state index in [1.54, 1.807) is 17.3 Å². The Bertz CT molecular complexity index is 514. The van der Waals surface area contributed by atoms with Gasteiger partial charge in [-0.25, -0.2) is 0 Å². The molecule has 1 atom stereocenters. The fraction of sp³-hybridized carbons (Fsp3) is 0.533. The molecule has 0 radical (unpaired) electrons. The zero-order valence-electron chi connectivity index (χ0n) is 12.2. The second kappa shape index (κ2) is 6.03. The summed E-state index contributed by atoms with van der Waals surface area (Å²) >= 11 is 0. The molecule has 2 heterocycles. The van der Waals surface area contributed by atoms with E-state index in [0.29, 0.717) is 25.3 Å². The van der Waals surface area contributed by atoms with Crippen LogP contribution in [0.25, 0.3) is 0 Å². The Hall–Kier alpha value is -1.91. The number of carbonyl (C=O) groups excluding carboxylic acids is 2. The molecule has 1 unspecified atom stereocenters. The number of nitrogens with one attached hydrogen (secondary N) is 1. The summed E-state index contributed by atoms with van der Waals surface area (Å²) in [5.41, 5.74) is 1.79. The molecule has 2 rings (SSSR count). The van der Waals surface area contributed by atoms with Crippen LogP contribution in [0.3, 0.4) is 0 Å². The van der Waals surface area contributed by atoms with E-state index in [4.69, 9.17) is 0 Å². The first kappa shape index (κ1) is 14.5. The van der Waals surface area contributed by atoms with Gasteiger partial charge in [0.15, 0.2) is 0 Å². The van der Waals surface area contributed by atoms with Crippen LogP contribution in [-0.4, -0.2) is 29.4 Å². The fourth-order valence-electron chi connectivity index (χ4n) is 2.45. The molecule has 0 aliphatic carbocycles. The maximum absolute atomic E-state index is 12.7. The molecular weight excluding hydrogens is 254 g/mol. The van der Waals surface area contributed by atoms with Crippen molar-refractivity contribution in [2.45, 2.75) is 39.7 Å². The maximum atomic E-state index is 12.7. The Morgan fingerprint density at radius 2 is 2.20 bits per heavy atom. The lowest BCUT2D eigenvalue weighted by Gasteiger charge is -2.25. The molecule has 0 spiro atoms. The number of carbonyl (C=O) groups is 2. The monoisotopic (exact) mass is 275 g/mol. The van der Waals surface area contributed by atoms with Crippen LogP contribution in [0.5, 0.6) is 0 Å². The summed E-state index contributed by atoms with van der Waals surface area (Å²) in [6.45, 7) is 6.45. The van der Waals surface area contributed by atoms with Gasteiger partial charge in [-0.1, -0.05) is 13.8 Å². The second-order valence-corrected chi connectivity index (χ2v) is 5.65. The van der Waals surface area contributed by atoms with Gasteiger partial charge in [0, 0.05) is 19.2 Å². The van der Waals surface area contributed by atoms with E-state index in [0.717, 1.165) is 11.3 Å². The van der Waals surface area contributed by atoms with Gasteiger partial charge in [0.1, 0.15) is 6.04 Å². The third-order valence-electron chi connectivity index (χ3n) is 3.47. The molecule has 1 aliphatic rings. The van der Waals surface area contributed by atoms with Crippen LogP contribution in [0.4, 0.5) is 5.69 Å². The number of pyridine rings is 1. The van der Waals surface area contributed by atoms with E-state index < -0.39 is 6.04 Å². The first-order valence-corrected chi connectivity index (χ1v) is 7.00. The molecule has 1 aromatic heterocycles. The van der Waals surface area contributed by atoms with Crippen LogP contribution < -0.4 is 10.2 Å². The van der Waals surface area contributed by atoms with E-state index in [1.807, 2.05) is 26.8 Å². The van der Waals surface area contributed by atoms with Gasteiger partial charge in [-0.15, -0.1) is 0 Å². The van der Waals surface area contributed by atoms with Crippen molar-refractivity contribution in [1.82, 2.24) is 10.3 Å². The van der Waals surface area contributed by atoms with Crippen molar-refractivity contribution in [3.8, 4) is 0 Å². The number of amides is 2. The molecule has 20 heavy (non-hydrogen) atoms. The molecule has 1 aromatic rings. The summed E-state index contributed by atoms with van der Waals surface area (Å²) in [6, 6.07) is 1.44. The summed E-state index contributed by atoms with van der Waals surface area (Å²) in [7, 11) is 0. The summed E-state index contributed by atoms with van der Waals surface area (Å²) < 4.78 is 0. The Labute approximate surface area is 119 Å². The van der Waals surface area contributed by atoms with E-state index in [1.165, 1.54) is 0 Å². The lowest BCUT2D eigenvalue weighted by molar-refractivity contribution is -0.125. The highest BCUT2D eigenvalue weighted by atomic mass is 16.2. The zero-order chi connectivity index (χ0) is 14.7. The number of aryl methyl sites for hydroxylation is 1. The SMILES string of the molecule is Cc1ccncc1N1CCC(=O)NC(CC(C)C)C1=O. The van der Waals surface area contributed by atoms with E-state index >= 15 is 0 Å². The molecule has 108 valence electrons. The minimum Gasteiger partial charge on any atom is -0.344 e. The third kappa shape index (κ3) is 3.15. The van der Waals surface area contributed by atoms with Gasteiger partial charge in [0.05, 0.1) is 11.9 Å². The normalized spacial score (nSPS) is 20.0. The third-order valence-corrected chi connectivity index (χ3v) is 3.47. The number of aromatic nitrogens is 1. The van der Waals surface area contributed by atoms with Crippen molar-refractivity contribution in [3.05, 3.63) is 24.0 Å². The minimum atomic E-state index is -0.440. The number of hydrogen-bond acceptors (Lipinski definition) is 3. The van der Waals surface area contributed by atoms with Crippen LogP contribution in [0.2, 0.25) is 0 Å². The molecule has 0 bridgehead atoms. The average molecular weight is 275 g/mol. The van der Waals surface area contributed by atoms with Gasteiger partial charge < -0.3 is 10.2 Å². The van der Waals surface area contributed by atoms with Crippen molar-refractivity contribution in [3.63, 3.8) is 0 Å². The standard InChI is InChI=1S/C15H21N3O2/c1-10(2)8-12-15(20)18(7-5-14(19)17-12)13-9-16-6-4-11(13)3/h4,6,9-10,12H,5,7-8H2,1-3H3,(H,17,19). The predicted octanol–water partition coefficient (Wildman–Crippen LogP) is 1.66. The molecule has 0 aromatic carbocycles. The zero-order valence-corrected chi connectivity index (χ0v) is 12.2. The van der Waals surface area contributed by atoms with Crippen molar-refractivity contribution in [1.29, 1.82) is 0 Å². The number of anilines is 1. The van der Waals surface area contributed by atoms with Gasteiger partial charge in [-0.3, -0.25) is 14.6 Å². The van der Waals surface area contributed by atoms with Gasteiger partial charge in [-0.05, 0) is 30.9 Å². The Morgan fingerprint density at radius 1 is 1.45 bits per heavy atom. The highest BCUT2D eigenvalue weighted by Crippen LogP contribution is 2.22. The molecular formula is C15H21N3O2. The number of hydrogen-bond donors (Lipinski definition) is 1. The highest BCUT2D eigenvalue weighted by Gasteiger charge is 2.31. The van der Waals surface area contributed by atoms with Crippen LogP contribution >= 0.6 is 0 Å². The lowest BCUT2D eigenvalue weighted by atomic mass is 10.0. The van der Waals surface area contributed by atoms with E-state index in [-0.39, 0.29) is 11.8 Å². The first-order chi connectivity index (χ1) is 9.49. The van der Waals surface area contributed by atoms with Crippen molar-refractivity contribution in [2.75, 3.05) is 11.4 Å². The summed E-state index contributed by atoms with van der Waals surface area (Å²) in [4.78, 5) is 30.2. The maximum Gasteiger partial charge on any atom is 0.249 e. The van der Waals surface area contributed by atoms with Crippen LogP contribution in [0, 0.1) is 12.8 Å². The Morgan fingerprint density at radius 3 is 2.85 bits per heavy atom. The van der Waals surface area contributed by atoms with Crippen LogP contribution in [-0.2, 0) is 9.59 Å². The molecule has 1 fully saturated rings. The number of rotatable bonds is 3. The summed E-state index contributed by atoms with van der Waals surface area (Å²) in [6.07, 6.45) is 4.38. The molecule has 5 heteroatoms. The number of nitrogens with zero attached hydrogens (tertiary/aromatic N) is 2. The van der Waals surface area contributed by atoms with Crippen molar-refractivity contribution >= 4 is 17.5 Å². The average Bonchev–Trinajstić information content (AvgIpc) is 2.51. The van der Waals surface area contributed by atoms with E-state index in [9.17, 15) is 9.59 Å². The molecule has 1 N–H and O–H groups in total. The van der Waals surface area contributed by atoms with Crippen LogP contribution in [0.15, 0.2) is 18.5 Å².